The number of thioether (sulfide) groups is 1. The van der Waals surface area contributed by atoms with Crippen LogP contribution in [0.3, 0.4) is 0 Å². The molecule has 0 radical (unpaired) electrons. The molecule has 1 aromatic heterocycles. The van der Waals surface area contributed by atoms with E-state index in [0.29, 0.717) is 17.0 Å². The molecule has 0 bridgehead atoms. The third kappa shape index (κ3) is 3.94. The van der Waals surface area contributed by atoms with Crippen molar-refractivity contribution in [2.24, 2.45) is 0 Å². The van der Waals surface area contributed by atoms with Gasteiger partial charge in [-0.25, -0.2) is 4.79 Å². The molecule has 0 saturated carbocycles. The number of carbonyl (C=O) groups is 1. The Morgan fingerprint density at radius 2 is 2.23 bits per heavy atom. The van der Waals surface area contributed by atoms with Crippen LogP contribution in [0.25, 0.3) is 0 Å². The first kappa shape index (κ1) is 16.2. The average Bonchev–Trinajstić information content (AvgIpc) is 2.95. The van der Waals surface area contributed by atoms with Crippen LogP contribution in [-0.2, 0) is 11.3 Å². The van der Waals surface area contributed by atoms with Crippen LogP contribution < -0.4 is 4.74 Å². The van der Waals surface area contributed by atoms with E-state index in [9.17, 15) is 4.79 Å². The standard InChI is InChI=1S/C15H18N2O4S/c1-3-9-20-15(18)11-5-4-6-13(22-2)12(11)10-21-14-7-8-17(19)16-14/h4-8,19H,3,9-10H2,1-2H3. The number of rotatable bonds is 7. The molecule has 0 aliphatic carbocycles. The maximum Gasteiger partial charge on any atom is 0.338 e. The van der Waals surface area contributed by atoms with Crippen LogP contribution in [0.1, 0.15) is 29.3 Å². The Morgan fingerprint density at radius 3 is 2.86 bits per heavy atom. The van der Waals surface area contributed by atoms with Crippen LogP contribution in [-0.4, -0.2) is 34.0 Å². The third-order valence-corrected chi connectivity index (χ3v) is 3.75. The van der Waals surface area contributed by atoms with E-state index in [-0.39, 0.29) is 18.5 Å². The number of ether oxygens (including phenoxy) is 2. The summed E-state index contributed by atoms with van der Waals surface area (Å²) in [6.45, 7) is 2.50. The third-order valence-electron chi connectivity index (χ3n) is 2.93. The summed E-state index contributed by atoms with van der Waals surface area (Å²) in [5, 5.41) is 12.9. The Hall–Kier alpha value is -2.15. The zero-order chi connectivity index (χ0) is 15.9. The molecule has 22 heavy (non-hydrogen) atoms. The van der Waals surface area contributed by atoms with Gasteiger partial charge in [-0.2, -0.15) is 0 Å². The van der Waals surface area contributed by atoms with E-state index in [1.807, 2.05) is 25.3 Å². The van der Waals surface area contributed by atoms with Crippen molar-refractivity contribution in [1.29, 1.82) is 0 Å². The predicted molar refractivity (Wildman–Crippen MR) is 82.5 cm³/mol. The average molecular weight is 322 g/mol. The fraction of sp³-hybridized carbons (Fsp3) is 0.333. The molecule has 6 nitrogen and oxygen atoms in total. The zero-order valence-electron chi connectivity index (χ0n) is 12.5. The van der Waals surface area contributed by atoms with Gasteiger partial charge in [-0.1, -0.05) is 18.1 Å². The highest BCUT2D eigenvalue weighted by molar-refractivity contribution is 7.98. The molecule has 1 N–H and O–H groups in total. The first-order valence-corrected chi connectivity index (χ1v) is 8.09. The van der Waals surface area contributed by atoms with Crippen molar-refractivity contribution in [2.75, 3.05) is 12.9 Å². The molecule has 0 unspecified atom stereocenters. The van der Waals surface area contributed by atoms with Crippen LogP contribution in [0.15, 0.2) is 35.4 Å². The first-order valence-electron chi connectivity index (χ1n) is 6.86. The van der Waals surface area contributed by atoms with Crippen LogP contribution in [0.5, 0.6) is 5.88 Å². The number of hydrogen-bond donors (Lipinski definition) is 1. The van der Waals surface area contributed by atoms with Crippen molar-refractivity contribution in [3.63, 3.8) is 0 Å². The molecule has 1 heterocycles. The molecule has 0 fully saturated rings. The summed E-state index contributed by atoms with van der Waals surface area (Å²) < 4.78 is 10.7. The molecular formula is C15H18N2O4S. The molecule has 1 aromatic carbocycles. The summed E-state index contributed by atoms with van der Waals surface area (Å²) >= 11 is 1.53. The van der Waals surface area contributed by atoms with E-state index in [4.69, 9.17) is 14.7 Å². The van der Waals surface area contributed by atoms with Gasteiger partial charge in [-0.15, -0.1) is 16.6 Å². The van der Waals surface area contributed by atoms with Crippen molar-refractivity contribution in [2.45, 2.75) is 24.8 Å². The second kappa shape index (κ2) is 7.74. The minimum absolute atomic E-state index is 0.171. The Morgan fingerprint density at radius 1 is 1.41 bits per heavy atom. The number of nitrogens with zero attached hydrogens (tertiary/aromatic N) is 2. The van der Waals surface area contributed by atoms with Gasteiger partial charge in [0.25, 0.3) is 0 Å². The minimum atomic E-state index is -0.357. The fourth-order valence-electron chi connectivity index (χ4n) is 1.89. The van der Waals surface area contributed by atoms with Crippen LogP contribution in [0, 0.1) is 0 Å². The second-order valence-electron chi connectivity index (χ2n) is 4.49. The highest BCUT2D eigenvalue weighted by atomic mass is 32.2. The van der Waals surface area contributed by atoms with Gasteiger partial charge in [0.05, 0.1) is 18.4 Å². The highest BCUT2D eigenvalue weighted by Crippen LogP contribution is 2.25. The van der Waals surface area contributed by atoms with Crippen molar-refractivity contribution in [3.8, 4) is 5.88 Å². The quantitative estimate of drug-likeness (QED) is 0.480. The predicted octanol–water partition coefficient (Wildman–Crippen LogP) is 2.99. The number of benzene rings is 1. The molecule has 0 spiro atoms. The SMILES string of the molecule is CCCOC(=O)c1cccc(SC)c1COc1ccn(O)n1. The number of aromatic nitrogens is 2. The number of carbonyl (C=O) groups excluding carboxylic acids is 1. The largest absolute Gasteiger partial charge is 0.472 e. The summed E-state index contributed by atoms with van der Waals surface area (Å²) in [6, 6.07) is 7.00. The van der Waals surface area contributed by atoms with Gasteiger partial charge in [0, 0.05) is 16.5 Å². The van der Waals surface area contributed by atoms with E-state index in [0.717, 1.165) is 16.9 Å². The first-order chi connectivity index (χ1) is 10.7. The van der Waals surface area contributed by atoms with E-state index >= 15 is 0 Å². The fourth-order valence-corrected chi connectivity index (χ4v) is 2.52. The molecule has 7 heteroatoms. The van der Waals surface area contributed by atoms with Crippen molar-refractivity contribution >= 4 is 17.7 Å². The Labute approximate surface area is 133 Å². The lowest BCUT2D eigenvalue weighted by Gasteiger charge is -2.13. The molecule has 0 atom stereocenters. The van der Waals surface area contributed by atoms with Gasteiger partial charge < -0.3 is 14.7 Å². The Bertz CT molecular complexity index is 642. The lowest BCUT2D eigenvalue weighted by atomic mass is 10.1. The lowest BCUT2D eigenvalue weighted by molar-refractivity contribution is 0.0501. The normalized spacial score (nSPS) is 10.5. The van der Waals surface area contributed by atoms with E-state index < -0.39 is 0 Å². The highest BCUT2D eigenvalue weighted by Gasteiger charge is 2.16. The van der Waals surface area contributed by atoms with E-state index in [1.54, 1.807) is 6.07 Å². The Balaban J connectivity index is 2.20. The van der Waals surface area contributed by atoms with E-state index in [2.05, 4.69) is 5.10 Å². The molecule has 2 aromatic rings. The summed E-state index contributed by atoms with van der Waals surface area (Å²) in [5.41, 5.74) is 1.24. The molecule has 0 saturated heterocycles. The zero-order valence-corrected chi connectivity index (χ0v) is 13.3. The van der Waals surface area contributed by atoms with Crippen molar-refractivity contribution in [3.05, 3.63) is 41.6 Å². The van der Waals surface area contributed by atoms with Gasteiger partial charge in [-0.05, 0) is 24.8 Å². The molecule has 2 rings (SSSR count). The topological polar surface area (TPSA) is 73.6 Å². The molecule has 0 amide bonds. The number of hydrogen-bond acceptors (Lipinski definition) is 6. The van der Waals surface area contributed by atoms with Crippen molar-refractivity contribution < 1.29 is 19.5 Å². The van der Waals surface area contributed by atoms with Gasteiger partial charge in [-0.3, -0.25) is 0 Å². The second-order valence-corrected chi connectivity index (χ2v) is 5.33. The summed E-state index contributed by atoms with van der Waals surface area (Å²) in [4.78, 5) is 13.8. The molecule has 0 aliphatic rings. The summed E-state index contributed by atoms with van der Waals surface area (Å²) in [6.07, 6.45) is 4.07. The molecular weight excluding hydrogens is 304 g/mol. The summed E-state index contributed by atoms with van der Waals surface area (Å²) in [5.74, 6) is -0.0738. The van der Waals surface area contributed by atoms with Gasteiger partial charge >= 0.3 is 5.97 Å². The summed E-state index contributed by atoms with van der Waals surface area (Å²) in [7, 11) is 0. The lowest BCUT2D eigenvalue weighted by Crippen LogP contribution is -2.11. The van der Waals surface area contributed by atoms with Gasteiger partial charge in [0.2, 0.25) is 5.88 Å². The maximum atomic E-state index is 12.2. The molecule has 0 aliphatic heterocycles. The Kier molecular flexibility index (Phi) is 5.71. The number of esters is 1. The molecule has 118 valence electrons. The van der Waals surface area contributed by atoms with Gasteiger partial charge in [0.15, 0.2) is 0 Å². The van der Waals surface area contributed by atoms with Crippen LogP contribution in [0.4, 0.5) is 0 Å². The van der Waals surface area contributed by atoms with E-state index in [1.165, 1.54) is 24.0 Å². The van der Waals surface area contributed by atoms with Gasteiger partial charge in [0.1, 0.15) is 6.61 Å². The smallest absolute Gasteiger partial charge is 0.338 e. The minimum Gasteiger partial charge on any atom is -0.472 e. The maximum absolute atomic E-state index is 12.2. The van der Waals surface area contributed by atoms with Crippen LogP contribution >= 0.6 is 11.8 Å². The van der Waals surface area contributed by atoms with Crippen molar-refractivity contribution in [1.82, 2.24) is 9.94 Å². The monoisotopic (exact) mass is 322 g/mol. The van der Waals surface area contributed by atoms with Crippen LogP contribution in [0.2, 0.25) is 0 Å².